The van der Waals surface area contributed by atoms with Crippen LogP contribution in [0.4, 0.5) is 0 Å². The first kappa shape index (κ1) is 11.7. The lowest BCUT2D eigenvalue weighted by molar-refractivity contribution is -0.138. The largest absolute Gasteiger partial charge is 0.480 e. The highest BCUT2D eigenvalue weighted by Gasteiger charge is 2.08. The van der Waals surface area contributed by atoms with Gasteiger partial charge in [-0.1, -0.05) is 17.8 Å². The average Bonchev–Trinajstić information content (AvgIpc) is 2.59. The Hall–Kier alpha value is -1.37. The molecule has 1 N–H and O–H groups in total. The molecule has 0 aliphatic rings. The van der Waals surface area contributed by atoms with Crippen LogP contribution in [0.3, 0.4) is 0 Å². The van der Waals surface area contributed by atoms with Gasteiger partial charge in [-0.25, -0.2) is 4.68 Å². The molecule has 7 heteroatoms. The zero-order valence-corrected chi connectivity index (χ0v) is 8.98. The van der Waals surface area contributed by atoms with Gasteiger partial charge >= 0.3 is 5.97 Å². The molecule has 0 aliphatic heterocycles. The Morgan fingerprint density at radius 1 is 1.67 bits per heavy atom. The molecular formula is C8H12N4O2S. The first-order valence-corrected chi connectivity index (χ1v) is 5.44. The fraction of sp³-hybridized carbons (Fsp3) is 0.500. The predicted molar refractivity (Wildman–Crippen MR) is 55.6 cm³/mol. The second-order valence-corrected chi connectivity index (χ2v) is 3.85. The van der Waals surface area contributed by atoms with Gasteiger partial charge < -0.3 is 5.11 Å². The lowest BCUT2D eigenvalue weighted by atomic mass is 10.3. The monoisotopic (exact) mass is 228 g/mol. The van der Waals surface area contributed by atoms with Crippen molar-refractivity contribution in [1.29, 1.82) is 0 Å². The Balaban J connectivity index is 2.42. The van der Waals surface area contributed by atoms with Gasteiger partial charge in [-0.3, -0.25) is 4.79 Å². The molecule has 0 aliphatic carbocycles. The van der Waals surface area contributed by atoms with Crippen molar-refractivity contribution in [3.8, 4) is 0 Å². The zero-order valence-electron chi connectivity index (χ0n) is 8.17. The Labute approximate surface area is 91.4 Å². The molecule has 0 unspecified atom stereocenters. The maximum Gasteiger partial charge on any atom is 0.325 e. The maximum absolute atomic E-state index is 10.5. The lowest BCUT2D eigenvalue weighted by Crippen LogP contribution is -2.11. The van der Waals surface area contributed by atoms with Gasteiger partial charge in [0.05, 0.1) is 0 Å². The van der Waals surface area contributed by atoms with Crippen molar-refractivity contribution in [3.05, 3.63) is 12.7 Å². The molecule has 1 aromatic heterocycles. The van der Waals surface area contributed by atoms with Gasteiger partial charge in [-0.2, -0.15) is 0 Å². The van der Waals surface area contributed by atoms with Crippen molar-refractivity contribution in [2.75, 3.05) is 5.75 Å². The number of nitrogens with zero attached hydrogens (tertiary/aromatic N) is 4. The fourth-order valence-electron chi connectivity index (χ4n) is 0.918. The van der Waals surface area contributed by atoms with Gasteiger partial charge in [0.1, 0.15) is 6.54 Å². The Bertz CT molecular complexity index is 339. The molecule has 1 aromatic rings. The van der Waals surface area contributed by atoms with E-state index in [1.54, 1.807) is 0 Å². The van der Waals surface area contributed by atoms with E-state index >= 15 is 0 Å². The number of rotatable bonds is 7. The van der Waals surface area contributed by atoms with Gasteiger partial charge in [0.2, 0.25) is 5.16 Å². The van der Waals surface area contributed by atoms with E-state index in [-0.39, 0.29) is 6.54 Å². The Kier molecular flexibility index (Phi) is 4.82. The summed E-state index contributed by atoms with van der Waals surface area (Å²) in [5.74, 6) is -0.0957. The van der Waals surface area contributed by atoms with Crippen molar-refractivity contribution in [2.24, 2.45) is 0 Å². The van der Waals surface area contributed by atoms with Crippen LogP contribution >= 0.6 is 11.8 Å². The number of carboxylic acids is 1. The smallest absolute Gasteiger partial charge is 0.325 e. The minimum absolute atomic E-state index is 0.198. The molecule has 1 heterocycles. The summed E-state index contributed by atoms with van der Waals surface area (Å²) in [6.07, 6.45) is 3.77. The van der Waals surface area contributed by atoms with Crippen LogP contribution in [-0.2, 0) is 11.3 Å². The molecule has 82 valence electrons. The third-order valence-corrected chi connectivity index (χ3v) is 2.61. The normalized spacial score (nSPS) is 10.1. The predicted octanol–water partition coefficient (Wildman–Crippen LogP) is 0.816. The fourth-order valence-corrected chi connectivity index (χ4v) is 1.76. The highest BCUT2D eigenvalue weighted by Crippen LogP contribution is 2.15. The van der Waals surface area contributed by atoms with Crippen molar-refractivity contribution >= 4 is 17.7 Å². The third kappa shape index (κ3) is 4.11. The van der Waals surface area contributed by atoms with Crippen molar-refractivity contribution < 1.29 is 9.90 Å². The first-order valence-electron chi connectivity index (χ1n) is 4.45. The van der Waals surface area contributed by atoms with Gasteiger partial charge in [-0.15, -0.1) is 11.7 Å². The van der Waals surface area contributed by atoms with Gasteiger partial charge in [0.15, 0.2) is 0 Å². The van der Waals surface area contributed by atoms with E-state index < -0.39 is 5.97 Å². The quantitative estimate of drug-likeness (QED) is 0.422. The lowest BCUT2D eigenvalue weighted by Gasteiger charge is -1.99. The molecule has 0 aromatic carbocycles. The van der Waals surface area contributed by atoms with Crippen LogP contribution in [0.15, 0.2) is 17.8 Å². The second kappa shape index (κ2) is 6.18. The van der Waals surface area contributed by atoms with E-state index in [9.17, 15) is 4.79 Å². The van der Waals surface area contributed by atoms with Crippen LogP contribution in [0.1, 0.15) is 12.8 Å². The summed E-state index contributed by atoms with van der Waals surface area (Å²) in [5, 5.41) is 19.9. The molecule has 0 spiro atoms. The number of unbranched alkanes of at least 4 members (excludes halogenated alkanes) is 1. The summed E-state index contributed by atoms with van der Waals surface area (Å²) in [6.45, 7) is 3.42. The molecule has 0 saturated carbocycles. The number of aliphatic carboxylic acids is 1. The van der Waals surface area contributed by atoms with Crippen molar-refractivity contribution in [2.45, 2.75) is 24.5 Å². The van der Waals surface area contributed by atoms with Crippen LogP contribution in [0.5, 0.6) is 0 Å². The topological polar surface area (TPSA) is 80.9 Å². The van der Waals surface area contributed by atoms with Gasteiger partial charge in [-0.05, 0) is 23.3 Å². The molecule has 0 bridgehead atoms. The first-order chi connectivity index (χ1) is 7.24. The number of allylic oxidation sites excluding steroid dienone is 1. The number of thioether (sulfide) groups is 1. The highest BCUT2D eigenvalue weighted by molar-refractivity contribution is 7.99. The molecule has 0 saturated heterocycles. The molecule has 0 atom stereocenters. The summed E-state index contributed by atoms with van der Waals surface area (Å²) < 4.78 is 1.28. The molecule has 15 heavy (non-hydrogen) atoms. The number of aromatic nitrogens is 4. The summed E-state index contributed by atoms with van der Waals surface area (Å²) in [6, 6.07) is 0. The van der Waals surface area contributed by atoms with Crippen LogP contribution in [0.25, 0.3) is 0 Å². The Morgan fingerprint density at radius 3 is 3.13 bits per heavy atom. The van der Waals surface area contributed by atoms with E-state index in [0.29, 0.717) is 5.16 Å². The second-order valence-electron chi connectivity index (χ2n) is 2.79. The number of tetrazole rings is 1. The zero-order chi connectivity index (χ0) is 11.1. The van der Waals surface area contributed by atoms with Crippen molar-refractivity contribution in [3.63, 3.8) is 0 Å². The number of hydrogen-bond acceptors (Lipinski definition) is 5. The van der Waals surface area contributed by atoms with Crippen LogP contribution in [0.2, 0.25) is 0 Å². The molecule has 0 amide bonds. The third-order valence-electron chi connectivity index (χ3n) is 1.57. The van der Waals surface area contributed by atoms with E-state index in [4.69, 9.17) is 5.11 Å². The van der Waals surface area contributed by atoms with Gasteiger partial charge in [0.25, 0.3) is 0 Å². The summed E-state index contributed by atoms with van der Waals surface area (Å²) in [4.78, 5) is 10.5. The summed E-state index contributed by atoms with van der Waals surface area (Å²) in [5.41, 5.74) is 0. The van der Waals surface area contributed by atoms with E-state index in [1.165, 1.54) is 16.4 Å². The molecule has 0 radical (unpaired) electrons. The van der Waals surface area contributed by atoms with E-state index in [0.717, 1.165) is 18.6 Å². The van der Waals surface area contributed by atoms with E-state index in [2.05, 4.69) is 22.1 Å². The minimum Gasteiger partial charge on any atom is -0.480 e. The van der Waals surface area contributed by atoms with Crippen LogP contribution in [0, 0.1) is 0 Å². The SMILES string of the molecule is C=CCCCSc1nnnn1CC(=O)O. The number of carbonyl (C=O) groups is 1. The number of carboxylic acid groups (broad SMARTS) is 1. The summed E-state index contributed by atoms with van der Waals surface area (Å²) in [7, 11) is 0. The molecule has 0 fully saturated rings. The minimum atomic E-state index is -0.949. The molecular weight excluding hydrogens is 216 g/mol. The van der Waals surface area contributed by atoms with Crippen LogP contribution < -0.4 is 0 Å². The van der Waals surface area contributed by atoms with Crippen LogP contribution in [-0.4, -0.2) is 37.0 Å². The number of hydrogen-bond donors (Lipinski definition) is 1. The highest BCUT2D eigenvalue weighted by atomic mass is 32.2. The standard InChI is InChI=1S/C8H12N4O2S/c1-2-3-4-5-15-8-9-10-11-12(8)6-7(13)14/h2H,1,3-6H2,(H,13,14). The average molecular weight is 228 g/mol. The summed E-state index contributed by atoms with van der Waals surface area (Å²) >= 11 is 1.45. The van der Waals surface area contributed by atoms with E-state index in [1.807, 2.05) is 6.08 Å². The maximum atomic E-state index is 10.5. The van der Waals surface area contributed by atoms with Gasteiger partial charge in [0, 0.05) is 5.75 Å². The molecule has 6 nitrogen and oxygen atoms in total. The Morgan fingerprint density at radius 2 is 2.47 bits per heavy atom. The van der Waals surface area contributed by atoms with Crippen molar-refractivity contribution in [1.82, 2.24) is 20.2 Å². The molecule has 1 rings (SSSR count).